The fourth-order valence-electron chi connectivity index (χ4n) is 1.01. The van der Waals surface area contributed by atoms with Crippen molar-refractivity contribution in [3.05, 3.63) is 0 Å². The Labute approximate surface area is 76.5 Å². The molecule has 0 amide bonds. The molecule has 0 aromatic rings. The van der Waals surface area contributed by atoms with Crippen LogP contribution in [-0.2, 0) is 0 Å². The van der Waals surface area contributed by atoms with Gasteiger partial charge in [-0.15, -0.1) is 0 Å². The quantitative estimate of drug-likeness (QED) is 0.559. The predicted molar refractivity (Wildman–Crippen MR) is 54.3 cm³/mol. The number of nitrogens with zero attached hydrogens (tertiary/aromatic N) is 2. The molecule has 74 valence electrons. The highest BCUT2D eigenvalue weighted by Crippen LogP contribution is 1.91. The lowest BCUT2D eigenvalue weighted by Gasteiger charge is -2.18. The smallest absolute Gasteiger partial charge is 0.0106 e. The van der Waals surface area contributed by atoms with Crippen molar-refractivity contribution in [1.82, 2.24) is 9.80 Å². The van der Waals surface area contributed by atoms with Gasteiger partial charge in [-0.25, -0.2) is 0 Å². The SMILES string of the molecule is CN(C)CCN(C)CCCCN. The van der Waals surface area contributed by atoms with E-state index in [-0.39, 0.29) is 0 Å². The summed E-state index contributed by atoms with van der Waals surface area (Å²) in [4.78, 5) is 4.56. The summed E-state index contributed by atoms with van der Waals surface area (Å²) in [6.45, 7) is 4.28. The standard InChI is InChI=1S/C9H23N3/c1-11(2)8-9-12(3)7-5-4-6-10/h4-10H2,1-3H3. The molecule has 0 spiro atoms. The number of hydrogen-bond donors (Lipinski definition) is 1. The molecule has 0 fully saturated rings. The average Bonchev–Trinajstić information content (AvgIpc) is 2.01. The van der Waals surface area contributed by atoms with E-state index in [0.29, 0.717) is 0 Å². The Morgan fingerprint density at radius 1 is 0.917 bits per heavy atom. The first-order valence-electron chi connectivity index (χ1n) is 4.70. The van der Waals surface area contributed by atoms with Gasteiger partial charge in [-0.05, 0) is 47.1 Å². The van der Waals surface area contributed by atoms with Crippen molar-refractivity contribution >= 4 is 0 Å². The van der Waals surface area contributed by atoms with E-state index in [0.717, 1.165) is 26.1 Å². The van der Waals surface area contributed by atoms with E-state index in [1.54, 1.807) is 0 Å². The van der Waals surface area contributed by atoms with E-state index >= 15 is 0 Å². The molecule has 0 unspecified atom stereocenters. The van der Waals surface area contributed by atoms with E-state index in [1.165, 1.54) is 13.0 Å². The molecule has 0 rings (SSSR count). The van der Waals surface area contributed by atoms with Crippen LogP contribution in [0.3, 0.4) is 0 Å². The molecule has 0 aromatic carbocycles. The fraction of sp³-hybridized carbons (Fsp3) is 1.00. The molecule has 0 heterocycles. The second kappa shape index (κ2) is 7.53. The zero-order valence-corrected chi connectivity index (χ0v) is 8.71. The number of nitrogens with two attached hydrogens (primary N) is 1. The summed E-state index contributed by atoms with van der Waals surface area (Å²) in [6.07, 6.45) is 2.37. The number of likely N-dealkylation sites (N-methyl/N-ethyl adjacent to an activating group) is 2. The molecule has 0 aliphatic carbocycles. The van der Waals surface area contributed by atoms with Gasteiger partial charge in [0.15, 0.2) is 0 Å². The van der Waals surface area contributed by atoms with Gasteiger partial charge in [0, 0.05) is 13.1 Å². The third kappa shape index (κ3) is 7.98. The van der Waals surface area contributed by atoms with Crippen LogP contribution in [0.1, 0.15) is 12.8 Å². The molecule has 0 radical (unpaired) electrons. The molecular formula is C9H23N3. The van der Waals surface area contributed by atoms with E-state index in [2.05, 4.69) is 30.9 Å². The summed E-state index contributed by atoms with van der Waals surface area (Å²) < 4.78 is 0. The summed E-state index contributed by atoms with van der Waals surface area (Å²) in [6, 6.07) is 0. The lowest BCUT2D eigenvalue weighted by atomic mass is 10.3. The highest BCUT2D eigenvalue weighted by molar-refractivity contribution is 4.54. The van der Waals surface area contributed by atoms with Gasteiger partial charge < -0.3 is 15.5 Å². The molecule has 12 heavy (non-hydrogen) atoms. The Bertz CT molecular complexity index is 93.8. The van der Waals surface area contributed by atoms with Crippen LogP contribution < -0.4 is 5.73 Å². The minimum absolute atomic E-state index is 0.821. The van der Waals surface area contributed by atoms with Crippen LogP contribution in [-0.4, -0.2) is 57.1 Å². The highest BCUT2D eigenvalue weighted by Gasteiger charge is 1.97. The topological polar surface area (TPSA) is 32.5 Å². The molecule has 0 saturated heterocycles. The Hall–Kier alpha value is -0.120. The van der Waals surface area contributed by atoms with Crippen LogP contribution in [0.5, 0.6) is 0 Å². The van der Waals surface area contributed by atoms with Crippen molar-refractivity contribution in [2.75, 3.05) is 47.3 Å². The first kappa shape index (κ1) is 11.9. The Balaban J connectivity index is 3.15. The summed E-state index contributed by atoms with van der Waals surface area (Å²) in [5, 5.41) is 0. The van der Waals surface area contributed by atoms with Crippen LogP contribution >= 0.6 is 0 Å². The first-order valence-corrected chi connectivity index (χ1v) is 4.70. The fourth-order valence-corrected chi connectivity index (χ4v) is 1.01. The maximum Gasteiger partial charge on any atom is 0.0106 e. The van der Waals surface area contributed by atoms with E-state index in [4.69, 9.17) is 5.73 Å². The Morgan fingerprint density at radius 3 is 2.08 bits per heavy atom. The lowest BCUT2D eigenvalue weighted by Crippen LogP contribution is -2.29. The molecular weight excluding hydrogens is 150 g/mol. The summed E-state index contributed by atoms with van der Waals surface area (Å²) >= 11 is 0. The molecule has 2 N–H and O–H groups in total. The highest BCUT2D eigenvalue weighted by atomic mass is 15.1. The first-order chi connectivity index (χ1) is 5.66. The molecule has 0 aromatic heterocycles. The van der Waals surface area contributed by atoms with Gasteiger partial charge in [0.25, 0.3) is 0 Å². The maximum absolute atomic E-state index is 5.41. The second-order valence-electron chi connectivity index (χ2n) is 3.60. The lowest BCUT2D eigenvalue weighted by molar-refractivity contribution is 0.278. The monoisotopic (exact) mass is 173 g/mol. The number of unbranched alkanes of at least 4 members (excludes halogenated alkanes) is 1. The molecule has 0 bridgehead atoms. The molecule has 0 aliphatic rings. The van der Waals surface area contributed by atoms with E-state index in [9.17, 15) is 0 Å². The number of rotatable bonds is 7. The van der Waals surface area contributed by atoms with Crippen LogP contribution in [0.15, 0.2) is 0 Å². The molecule has 3 heteroatoms. The third-order valence-electron chi connectivity index (χ3n) is 1.92. The molecule has 0 atom stereocenters. The maximum atomic E-state index is 5.41. The van der Waals surface area contributed by atoms with Gasteiger partial charge in [-0.2, -0.15) is 0 Å². The Kier molecular flexibility index (Phi) is 7.45. The van der Waals surface area contributed by atoms with E-state index < -0.39 is 0 Å². The summed E-state index contributed by atoms with van der Waals surface area (Å²) in [7, 11) is 6.38. The summed E-state index contributed by atoms with van der Waals surface area (Å²) in [5.41, 5.74) is 5.41. The predicted octanol–water partition coefficient (Wildman–Crippen LogP) is 0.219. The van der Waals surface area contributed by atoms with Crippen LogP contribution in [0, 0.1) is 0 Å². The second-order valence-corrected chi connectivity index (χ2v) is 3.60. The third-order valence-corrected chi connectivity index (χ3v) is 1.92. The van der Waals surface area contributed by atoms with Crippen LogP contribution in [0.25, 0.3) is 0 Å². The van der Waals surface area contributed by atoms with Crippen molar-refractivity contribution in [3.63, 3.8) is 0 Å². The number of hydrogen-bond acceptors (Lipinski definition) is 3. The van der Waals surface area contributed by atoms with E-state index in [1.807, 2.05) is 0 Å². The van der Waals surface area contributed by atoms with Crippen LogP contribution in [0.2, 0.25) is 0 Å². The molecule has 3 nitrogen and oxygen atoms in total. The zero-order chi connectivity index (χ0) is 9.40. The van der Waals surface area contributed by atoms with Crippen molar-refractivity contribution in [3.8, 4) is 0 Å². The molecule has 0 aliphatic heterocycles. The largest absolute Gasteiger partial charge is 0.330 e. The minimum Gasteiger partial charge on any atom is -0.330 e. The normalized spacial score (nSPS) is 11.5. The van der Waals surface area contributed by atoms with Gasteiger partial charge in [0.2, 0.25) is 0 Å². The van der Waals surface area contributed by atoms with Crippen LogP contribution in [0.4, 0.5) is 0 Å². The van der Waals surface area contributed by atoms with Crippen molar-refractivity contribution in [2.45, 2.75) is 12.8 Å². The van der Waals surface area contributed by atoms with Gasteiger partial charge in [-0.1, -0.05) is 0 Å². The molecule has 0 saturated carbocycles. The average molecular weight is 173 g/mol. The Morgan fingerprint density at radius 2 is 1.58 bits per heavy atom. The zero-order valence-electron chi connectivity index (χ0n) is 8.71. The van der Waals surface area contributed by atoms with Gasteiger partial charge in [0.05, 0.1) is 0 Å². The van der Waals surface area contributed by atoms with Crippen molar-refractivity contribution in [2.24, 2.45) is 5.73 Å². The van der Waals surface area contributed by atoms with Gasteiger partial charge >= 0.3 is 0 Å². The summed E-state index contributed by atoms with van der Waals surface area (Å²) in [5.74, 6) is 0. The van der Waals surface area contributed by atoms with Crippen molar-refractivity contribution in [1.29, 1.82) is 0 Å². The van der Waals surface area contributed by atoms with Gasteiger partial charge in [-0.3, -0.25) is 0 Å². The van der Waals surface area contributed by atoms with Crippen molar-refractivity contribution < 1.29 is 0 Å². The minimum atomic E-state index is 0.821. The van der Waals surface area contributed by atoms with Gasteiger partial charge in [0.1, 0.15) is 0 Å².